The van der Waals surface area contributed by atoms with Crippen LogP contribution in [0.25, 0.3) is 0 Å². The zero-order chi connectivity index (χ0) is 14.6. The molecular formula is C15H20N2O2S. The average molecular weight is 292 g/mol. The molecule has 1 heterocycles. The molecule has 0 aliphatic carbocycles. The number of unbranched alkanes of at least 4 members (excludes halogenated alkanes) is 2. The van der Waals surface area contributed by atoms with Crippen molar-refractivity contribution in [3.05, 3.63) is 29.8 Å². The third-order valence-corrected chi connectivity index (χ3v) is 5.76. The van der Waals surface area contributed by atoms with Crippen molar-refractivity contribution in [3.8, 4) is 6.07 Å². The van der Waals surface area contributed by atoms with E-state index in [4.69, 9.17) is 5.26 Å². The minimum absolute atomic E-state index is 0.111. The highest BCUT2D eigenvalue weighted by molar-refractivity contribution is 7.89. The maximum atomic E-state index is 12.5. The smallest absolute Gasteiger partial charge is 0.207 e. The van der Waals surface area contributed by atoms with Gasteiger partial charge in [-0.15, -0.1) is 0 Å². The molecule has 4 nitrogen and oxygen atoms in total. The van der Waals surface area contributed by atoms with Crippen LogP contribution in [-0.4, -0.2) is 25.3 Å². The zero-order valence-corrected chi connectivity index (χ0v) is 12.6. The molecule has 1 aliphatic rings. The van der Waals surface area contributed by atoms with Crippen molar-refractivity contribution in [2.45, 2.75) is 50.0 Å². The van der Waals surface area contributed by atoms with Crippen LogP contribution in [0.3, 0.4) is 0 Å². The van der Waals surface area contributed by atoms with Gasteiger partial charge in [0, 0.05) is 19.0 Å². The third kappa shape index (κ3) is 3.20. The molecule has 1 fully saturated rings. The van der Waals surface area contributed by atoms with Gasteiger partial charge < -0.3 is 0 Å². The summed E-state index contributed by atoms with van der Waals surface area (Å²) in [5.41, 5.74) is 1.06. The maximum absolute atomic E-state index is 12.5. The van der Waals surface area contributed by atoms with Crippen LogP contribution < -0.4 is 0 Å². The van der Waals surface area contributed by atoms with E-state index in [0.29, 0.717) is 17.9 Å². The second-order valence-electron chi connectivity index (χ2n) is 5.28. The summed E-state index contributed by atoms with van der Waals surface area (Å²) in [5.74, 6) is 0. The van der Waals surface area contributed by atoms with Crippen LogP contribution >= 0.6 is 0 Å². The van der Waals surface area contributed by atoms with Crippen LogP contribution in [0.2, 0.25) is 0 Å². The predicted molar refractivity (Wildman–Crippen MR) is 77.6 cm³/mol. The van der Waals surface area contributed by atoms with Gasteiger partial charge in [0.25, 0.3) is 0 Å². The van der Waals surface area contributed by atoms with E-state index in [2.05, 4.69) is 6.07 Å². The molecule has 1 aliphatic heterocycles. The van der Waals surface area contributed by atoms with E-state index >= 15 is 0 Å². The Balaban J connectivity index is 2.00. The zero-order valence-electron chi connectivity index (χ0n) is 11.7. The second kappa shape index (κ2) is 6.38. The van der Waals surface area contributed by atoms with Crippen molar-refractivity contribution >= 4 is 10.0 Å². The number of nitrogens with zero attached hydrogens (tertiary/aromatic N) is 2. The Bertz CT molecular complexity index is 587. The molecular weight excluding hydrogens is 272 g/mol. The Morgan fingerprint density at radius 2 is 2.00 bits per heavy atom. The molecule has 0 spiro atoms. The van der Waals surface area contributed by atoms with Crippen molar-refractivity contribution in [2.24, 2.45) is 0 Å². The van der Waals surface area contributed by atoms with Gasteiger partial charge in [-0.1, -0.05) is 24.1 Å². The molecule has 5 heteroatoms. The number of nitriles is 1. The fourth-order valence-corrected chi connectivity index (χ4v) is 4.15. The molecule has 108 valence electrons. The quantitative estimate of drug-likeness (QED) is 0.757. The van der Waals surface area contributed by atoms with Crippen molar-refractivity contribution in [1.82, 2.24) is 4.31 Å². The summed E-state index contributed by atoms with van der Waals surface area (Å²) in [6.45, 7) is 2.55. The van der Waals surface area contributed by atoms with Crippen LogP contribution in [0, 0.1) is 18.3 Å². The predicted octanol–water partition coefficient (Wildman–Crippen LogP) is 2.84. The Morgan fingerprint density at radius 1 is 1.30 bits per heavy atom. The van der Waals surface area contributed by atoms with E-state index in [9.17, 15) is 8.42 Å². The van der Waals surface area contributed by atoms with Gasteiger partial charge in [0.15, 0.2) is 0 Å². The standard InChI is InChI=1S/C15H20N2O2S/c1-13-6-8-15(9-7-13)20(18,19)17-12-10-14(17)5-3-2-4-11-16/h6-9,14H,2-5,10,12H2,1H3/t14-/m1/s1. The highest BCUT2D eigenvalue weighted by Gasteiger charge is 2.37. The largest absolute Gasteiger partial charge is 0.243 e. The van der Waals surface area contributed by atoms with Gasteiger partial charge in [-0.05, 0) is 38.3 Å². The molecule has 0 N–H and O–H groups in total. The van der Waals surface area contributed by atoms with Crippen LogP contribution in [0.1, 0.15) is 37.7 Å². The molecule has 20 heavy (non-hydrogen) atoms. The molecule has 1 atom stereocenters. The number of rotatable bonds is 6. The van der Waals surface area contributed by atoms with Gasteiger partial charge >= 0.3 is 0 Å². The van der Waals surface area contributed by atoms with Gasteiger partial charge in [0.05, 0.1) is 11.0 Å². The van der Waals surface area contributed by atoms with E-state index in [1.165, 1.54) is 0 Å². The van der Waals surface area contributed by atoms with Crippen molar-refractivity contribution in [3.63, 3.8) is 0 Å². The first-order valence-corrected chi connectivity index (χ1v) is 8.45. The van der Waals surface area contributed by atoms with Gasteiger partial charge in [-0.2, -0.15) is 9.57 Å². The van der Waals surface area contributed by atoms with E-state index in [1.54, 1.807) is 16.4 Å². The van der Waals surface area contributed by atoms with Gasteiger partial charge in [0.1, 0.15) is 0 Å². The van der Waals surface area contributed by atoms with Crippen molar-refractivity contribution in [1.29, 1.82) is 5.26 Å². The fourth-order valence-electron chi connectivity index (χ4n) is 2.45. The Kier molecular flexibility index (Phi) is 4.79. The van der Waals surface area contributed by atoms with Crippen molar-refractivity contribution < 1.29 is 8.42 Å². The molecule has 0 aromatic heterocycles. The van der Waals surface area contributed by atoms with E-state index in [-0.39, 0.29) is 6.04 Å². The molecule has 1 aromatic rings. The Labute approximate surface area is 121 Å². The lowest BCUT2D eigenvalue weighted by atomic mass is 10.0. The number of benzene rings is 1. The summed E-state index contributed by atoms with van der Waals surface area (Å²) in [7, 11) is -3.34. The molecule has 0 unspecified atom stereocenters. The third-order valence-electron chi connectivity index (χ3n) is 3.79. The lowest BCUT2D eigenvalue weighted by Crippen LogP contribution is -2.50. The summed E-state index contributed by atoms with van der Waals surface area (Å²) in [4.78, 5) is 0.379. The number of sulfonamides is 1. The van der Waals surface area contributed by atoms with Crippen LogP contribution in [0.5, 0.6) is 0 Å². The van der Waals surface area contributed by atoms with Gasteiger partial charge in [-0.25, -0.2) is 8.42 Å². The first-order chi connectivity index (χ1) is 9.55. The van der Waals surface area contributed by atoms with E-state index in [1.807, 2.05) is 19.1 Å². The molecule has 0 saturated carbocycles. The second-order valence-corrected chi connectivity index (χ2v) is 7.17. The Hall–Kier alpha value is -1.38. The molecule has 0 radical (unpaired) electrons. The summed E-state index contributed by atoms with van der Waals surface area (Å²) < 4.78 is 26.6. The molecule has 0 amide bonds. The summed E-state index contributed by atoms with van der Waals surface area (Å²) in [5, 5.41) is 8.50. The topological polar surface area (TPSA) is 61.2 Å². The number of hydrogen-bond acceptors (Lipinski definition) is 3. The van der Waals surface area contributed by atoms with E-state index in [0.717, 1.165) is 31.2 Å². The number of hydrogen-bond donors (Lipinski definition) is 0. The molecule has 0 bridgehead atoms. The van der Waals surface area contributed by atoms with Gasteiger partial charge in [0.2, 0.25) is 10.0 Å². The van der Waals surface area contributed by atoms with Crippen molar-refractivity contribution in [2.75, 3.05) is 6.54 Å². The van der Waals surface area contributed by atoms with Crippen LogP contribution in [-0.2, 0) is 10.0 Å². The highest BCUT2D eigenvalue weighted by atomic mass is 32.2. The lowest BCUT2D eigenvalue weighted by molar-refractivity contribution is 0.185. The van der Waals surface area contributed by atoms with Crippen LogP contribution in [0.4, 0.5) is 0 Å². The minimum atomic E-state index is -3.34. The molecule has 2 rings (SSSR count). The summed E-state index contributed by atoms with van der Waals surface area (Å²) in [6.07, 6.45) is 4.10. The molecule has 1 saturated heterocycles. The summed E-state index contributed by atoms with van der Waals surface area (Å²) in [6, 6.07) is 9.24. The fraction of sp³-hybridized carbons (Fsp3) is 0.533. The van der Waals surface area contributed by atoms with Gasteiger partial charge in [-0.3, -0.25) is 0 Å². The highest BCUT2D eigenvalue weighted by Crippen LogP contribution is 2.30. The normalized spacial score (nSPS) is 19.3. The monoisotopic (exact) mass is 292 g/mol. The summed E-state index contributed by atoms with van der Waals surface area (Å²) >= 11 is 0. The first kappa shape index (κ1) is 15.0. The lowest BCUT2D eigenvalue weighted by Gasteiger charge is -2.39. The maximum Gasteiger partial charge on any atom is 0.243 e. The SMILES string of the molecule is Cc1ccc(S(=O)(=O)N2CC[C@H]2CCCCC#N)cc1. The van der Waals surface area contributed by atoms with E-state index < -0.39 is 10.0 Å². The molecule has 1 aromatic carbocycles. The first-order valence-electron chi connectivity index (χ1n) is 7.01. The van der Waals surface area contributed by atoms with Crippen LogP contribution in [0.15, 0.2) is 29.2 Å². The Morgan fingerprint density at radius 3 is 2.55 bits per heavy atom. The number of aryl methyl sites for hydroxylation is 1. The average Bonchev–Trinajstić information content (AvgIpc) is 2.37. The minimum Gasteiger partial charge on any atom is -0.207 e.